The van der Waals surface area contributed by atoms with Gasteiger partial charge in [-0.05, 0) is 17.7 Å². The van der Waals surface area contributed by atoms with Gasteiger partial charge in [0.2, 0.25) is 0 Å². The molecule has 0 atom stereocenters. The van der Waals surface area contributed by atoms with Crippen molar-refractivity contribution in [3.05, 3.63) is 91.9 Å². The molecule has 1 radical (unpaired) electrons. The first-order chi connectivity index (χ1) is 11.8. The topological polar surface area (TPSA) is 0 Å². The monoisotopic (exact) mass is 428 g/mol. The molecule has 0 unspecified atom stereocenters. The zero-order valence-electron chi connectivity index (χ0n) is 18.3. The van der Waals surface area contributed by atoms with Gasteiger partial charge in [-0.2, -0.15) is 0 Å². The first-order valence-corrected chi connectivity index (χ1v) is 9.23. The average molecular weight is 428 g/mol. The van der Waals surface area contributed by atoms with Crippen LogP contribution < -0.4 is 0 Å². The van der Waals surface area contributed by atoms with Crippen molar-refractivity contribution in [2.45, 2.75) is 54.9 Å². The molecule has 3 aromatic carbocycles. The molecule has 0 amide bonds. The average Bonchev–Trinajstić information content (AvgIpc) is 2.67. The Bertz CT molecular complexity index is 523. The standard InChI is InChI=1S/C10H8.C7H8.C3H8.2C2H6.CH3.Y/c1-2-6-10-8-4-3-7-9(10)5-1;1-7-5-3-2-4-6-7;1-3-2;2*1-2;;/h1-8H;2-6H,1H3;3H2,1-2H3;2*1-2H3;1H3;/q;;;;;-1;. The maximum absolute atomic E-state index is 2.12. The maximum Gasteiger partial charge on any atom is 0 e. The fourth-order valence-corrected chi connectivity index (χ4v) is 1.67. The van der Waals surface area contributed by atoms with E-state index in [2.05, 4.69) is 81.4 Å². The molecule has 0 spiro atoms. The second kappa shape index (κ2) is 26.3. The predicted octanol–water partition coefficient (Wildman–Crippen LogP) is 8.75. The van der Waals surface area contributed by atoms with Gasteiger partial charge in [-0.3, -0.25) is 0 Å². The Labute approximate surface area is 189 Å². The number of hydrogen-bond acceptors (Lipinski definition) is 0. The zero-order chi connectivity index (χ0) is 18.6. The molecule has 0 heterocycles. The quantitative estimate of drug-likeness (QED) is 0.314. The van der Waals surface area contributed by atoms with Crippen LogP contribution in [-0.2, 0) is 32.7 Å². The second-order valence-electron chi connectivity index (χ2n) is 4.71. The van der Waals surface area contributed by atoms with Crippen LogP contribution in [0.15, 0.2) is 78.9 Å². The SMILES string of the molecule is CC.CC.CCC.Cc1ccccc1.[CH3-].[Y].c1ccc2ccccc2c1. The molecule has 0 aliphatic carbocycles. The Morgan fingerprint density at radius 1 is 0.538 bits per heavy atom. The first-order valence-electron chi connectivity index (χ1n) is 9.23. The first kappa shape index (κ1) is 32.7. The van der Waals surface area contributed by atoms with Gasteiger partial charge in [0.25, 0.3) is 0 Å². The van der Waals surface area contributed by atoms with Crippen molar-refractivity contribution in [3.8, 4) is 0 Å². The Morgan fingerprint density at radius 3 is 0.962 bits per heavy atom. The van der Waals surface area contributed by atoms with E-state index in [0.29, 0.717) is 0 Å². The molecular formula is C25H39Y-. The van der Waals surface area contributed by atoms with E-state index in [1.54, 1.807) is 0 Å². The van der Waals surface area contributed by atoms with E-state index < -0.39 is 0 Å². The van der Waals surface area contributed by atoms with E-state index in [1.165, 1.54) is 22.8 Å². The van der Waals surface area contributed by atoms with Crippen LogP contribution in [0, 0.1) is 14.4 Å². The maximum atomic E-state index is 2.12. The number of rotatable bonds is 0. The van der Waals surface area contributed by atoms with Crippen molar-refractivity contribution in [3.63, 3.8) is 0 Å². The molecule has 1 heteroatoms. The van der Waals surface area contributed by atoms with E-state index in [4.69, 9.17) is 0 Å². The van der Waals surface area contributed by atoms with Crippen LogP contribution in [0.25, 0.3) is 10.8 Å². The summed E-state index contributed by atoms with van der Waals surface area (Å²) in [4.78, 5) is 0. The molecule has 143 valence electrons. The fourth-order valence-electron chi connectivity index (χ4n) is 1.67. The summed E-state index contributed by atoms with van der Waals surface area (Å²) in [5.74, 6) is 0. The van der Waals surface area contributed by atoms with Crippen LogP contribution in [-0.4, -0.2) is 0 Å². The molecule has 0 bridgehead atoms. The summed E-state index contributed by atoms with van der Waals surface area (Å²) in [5.41, 5.74) is 1.32. The summed E-state index contributed by atoms with van der Waals surface area (Å²) in [6.45, 7) is 14.3. The smallest absolute Gasteiger partial charge is 0 e. The minimum atomic E-state index is 0. The summed E-state index contributed by atoms with van der Waals surface area (Å²) < 4.78 is 0. The summed E-state index contributed by atoms with van der Waals surface area (Å²) in [6.07, 6.45) is 1.25. The summed E-state index contributed by atoms with van der Waals surface area (Å²) in [5, 5.41) is 2.62. The molecule has 0 nitrogen and oxygen atoms in total. The summed E-state index contributed by atoms with van der Waals surface area (Å²) in [6, 6.07) is 27.0. The molecule has 3 rings (SSSR count). The van der Waals surface area contributed by atoms with Gasteiger partial charge < -0.3 is 7.43 Å². The van der Waals surface area contributed by atoms with Gasteiger partial charge in [-0.25, -0.2) is 0 Å². The molecule has 26 heavy (non-hydrogen) atoms. The van der Waals surface area contributed by atoms with Crippen LogP contribution in [0.2, 0.25) is 0 Å². The largest absolute Gasteiger partial charge is 0.358 e. The van der Waals surface area contributed by atoms with Crippen molar-refractivity contribution >= 4 is 10.8 Å². The second-order valence-corrected chi connectivity index (χ2v) is 4.71. The molecule has 0 aliphatic heterocycles. The van der Waals surface area contributed by atoms with Gasteiger partial charge in [-0.1, -0.05) is 132 Å². The van der Waals surface area contributed by atoms with Crippen LogP contribution in [0.5, 0.6) is 0 Å². The minimum absolute atomic E-state index is 0. The third-order valence-corrected chi connectivity index (χ3v) is 2.60. The van der Waals surface area contributed by atoms with Crippen LogP contribution in [0.4, 0.5) is 0 Å². The van der Waals surface area contributed by atoms with Crippen LogP contribution in [0.3, 0.4) is 0 Å². The molecular weight excluding hydrogens is 389 g/mol. The van der Waals surface area contributed by atoms with Gasteiger partial charge in [0.05, 0.1) is 0 Å². The van der Waals surface area contributed by atoms with E-state index in [1.807, 2.05) is 45.9 Å². The van der Waals surface area contributed by atoms with Crippen molar-refractivity contribution in [1.29, 1.82) is 0 Å². The van der Waals surface area contributed by atoms with E-state index in [-0.39, 0.29) is 40.1 Å². The van der Waals surface area contributed by atoms with Gasteiger partial charge in [-0.15, -0.1) is 0 Å². The molecule has 0 N–H and O–H groups in total. The Kier molecular flexibility index (Phi) is 33.0. The third-order valence-electron chi connectivity index (χ3n) is 2.60. The molecule has 0 aromatic heterocycles. The van der Waals surface area contributed by atoms with Gasteiger partial charge in [0.1, 0.15) is 0 Å². The van der Waals surface area contributed by atoms with Gasteiger partial charge >= 0.3 is 0 Å². The van der Waals surface area contributed by atoms with Crippen molar-refractivity contribution in [2.24, 2.45) is 0 Å². The minimum Gasteiger partial charge on any atom is -0.358 e. The Balaban J connectivity index is -0.000000135. The molecule has 0 aliphatic rings. The molecule has 0 saturated heterocycles. The summed E-state index contributed by atoms with van der Waals surface area (Å²) in [7, 11) is 0. The predicted molar refractivity (Wildman–Crippen MR) is 120 cm³/mol. The molecule has 3 aromatic rings. The van der Waals surface area contributed by atoms with Crippen molar-refractivity contribution in [1.82, 2.24) is 0 Å². The molecule has 0 fully saturated rings. The van der Waals surface area contributed by atoms with E-state index in [9.17, 15) is 0 Å². The molecule has 0 saturated carbocycles. The Morgan fingerprint density at radius 2 is 0.769 bits per heavy atom. The van der Waals surface area contributed by atoms with Crippen molar-refractivity contribution in [2.75, 3.05) is 0 Å². The number of aryl methyl sites for hydroxylation is 1. The van der Waals surface area contributed by atoms with Gasteiger partial charge in [0, 0.05) is 32.7 Å². The summed E-state index contributed by atoms with van der Waals surface area (Å²) >= 11 is 0. The van der Waals surface area contributed by atoms with Crippen molar-refractivity contribution < 1.29 is 32.7 Å². The number of fused-ring (bicyclic) bond motifs is 1. The fraction of sp³-hybridized carbons (Fsp3) is 0.320. The van der Waals surface area contributed by atoms with Crippen LogP contribution >= 0.6 is 0 Å². The third kappa shape index (κ3) is 17.8. The normalized spacial score (nSPS) is 7.35. The number of benzene rings is 3. The van der Waals surface area contributed by atoms with E-state index in [0.717, 1.165) is 0 Å². The Hall–Kier alpha value is -0.976. The number of hydrogen-bond donors (Lipinski definition) is 0. The zero-order valence-corrected chi connectivity index (χ0v) is 21.1. The van der Waals surface area contributed by atoms with Gasteiger partial charge in [0.15, 0.2) is 0 Å². The van der Waals surface area contributed by atoms with E-state index >= 15 is 0 Å². The van der Waals surface area contributed by atoms with Crippen LogP contribution in [0.1, 0.15) is 53.5 Å².